The summed E-state index contributed by atoms with van der Waals surface area (Å²) in [5.74, 6) is 0.646. The highest BCUT2D eigenvalue weighted by Crippen LogP contribution is 2.34. The SMILES string of the molecule is C=Cc1ccc(OC)c(C=C)c1OC(C)=O. The Morgan fingerprint density at radius 1 is 1.31 bits per heavy atom. The summed E-state index contributed by atoms with van der Waals surface area (Å²) in [6.07, 6.45) is 3.20. The van der Waals surface area contributed by atoms with E-state index in [1.807, 2.05) is 0 Å². The van der Waals surface area contributed by atoms with Gasteiger partial charge in [-0.25, -0.2) is 0 Å². The van der Waals surface area contributed by atoms with Crippen LogP contribution in [0.1, 0.15) is 18.1 Å². The van der Waals surface area contributed by atoms with Crippen molar-refractivity contribution in [1.29, 1.82) is 0 Å². The second kappa shape index (κ2) is 5.16. The van der Waals surface area contributed by atoms with E-state index in [2.05, 4.69) is 13.2 Å². The number of hydrogen-bond donors (Lipinski definition) is 0. The first kappa shape index (κ1) is 12.0. The fourth-order valence-electron chi connectivity index (χ4n) is 1.39. The van der Waals surface area contributed by atoms with Crippen LogP contribution in [-0.4, -0.2) is 13.1 Å². The highest BCUT2D eigenvalue weighted by molar-refractivity contribution is 5.77. The molecule has 0 saturated heterocycles. The van der Waals surface area contributed by atoms with Gasteiger partial charge in [-0.1, -0.05) is 25.3 Å². The molecule has 0 aliphatic carbocycles. The van der Waals surface area contributed by atoms with Crippen molar-refractivity contribution in [3.05, 3.63) is 36.4 Å². The maximum atomic E-state index is 11.0. The number of methoxy groups -OCH3 is 1. The van der Waals surface area contributed by atoms with Gasteiger partial charge in [0.05, 0.1) is 12.7 Å². The molecule has 0 aromatic heterocycles. The normalized spacial score (nSPS) is 9.38. The van der Waals surface area contributed by atoms with E-state index in [1.165, 1.54) is 6.92 Å². The van der Waals surface area contributed by atoms with E-state index in [0.29, 0.717) is 17.1 Å². The van der Waals surface area contributed by atoms with Gasteiger partial charge in [0.2, 0.25) is 0 Å². The Bertz CT molecular complexity index is 433. The number of benzene rings is 1. The molecule has 0 fully saturated rings. The molecule has 84 valence electrons. The molecule has 3 nitrogen and oxygen atoms in total. The Kier molecular flexibility index (Phi) is 3.89. The summed E-state index contributed by atoms with van der Waals surface area (Å²) < 4.78 is 10.3. The second-order valence-electron chi connectivity index (χ2n) is 3.10. The molecule has 0 aliphatic rings. The molecule has 0 N–H and O–H groups in total. The number of carbonyl (C=O) groups excluding carboxylic acids is 1. The molecule has 0 bridgehead atoms. The van der Waals surface area contributed by atoms with Crippen molar-refractivity contribution < 1.29 is 14.3 Å². The van der Waals surface area contributed by atoms with E-state index in [4.69, 9.17) is 9.47 Å². The lowest BCUT2D eigenvalue weighted by Gasteiger charge is -2.12. The Labute approximate surface area is 95.0 Å². The average Bonchev–Trinajstić information content (AvgIpc) is 2.27. The van der Waals surface area contributed by atoms with Crippen molar-refractivity contribution in [2.75, 3.05) is 7.11 Å². The lowest BCUT2D eigenvalue weighted by Crippen LogP contribution is -2.05. The summed E-state index contributed by atoms with van der Waals surface area (Å²) in [5, 5.41) is 0. The maximum Gasteiger partial charge on any atom is 0.308 e. The van der Waals surface area contributed by atoms with E-state index in [-0.39, 0.29) is 5.97 Å². The second-order valence-corrected chi connectivity index (χ2v) is 3.10. The van der Waals surface area contributed by atoms with Gasteiger partial charge in [0.1, 0.15) is 11.5 Å². The third kappa shape index (κ3) is 2.31. The Hall–Kier alpha value is -2.03. The van der Waals surface area contributed by atoms with Gasteiger partial charge in [0.15, 0.2) is 0 Å². The fraction of sp³-hybridized carbons (Fsp3) is 0.154. The molecule has 0 atom stereocenters. The van der Waals surface area contributed by atoms with Gasteiger partial charge in [-0.2, -0.15) is 0 Å². The molecule has 16 heavy (non-hydrogen) atoms. The van der Waals surface area contributed by atoms with Crippen molar-refractivity contribution in [1.82, 2.24) is 0 Å². The molecule has 1 rings (SSSR count). The van der Waals surface area contributed by atoms with Crippen LogP contribution in [0.3, 0.4) is 0 Å². The minimum absolute atomic E-state index is 0.389. The van der Waals surface area contributed by atoms with Crippen LogP contribution in [0.25, 0.3) is 12.2 Å². The average molecular weight is 218 g/mol. The third-order valence-electron chi connectivity index (χ3n) is 2.08. The summed E-state index contributed by atoms with van der Waals surface area (Å²) >= 11 is 0. The number of hydrogen-bond acceptors (Lipinski definition) is 3. The minimum Gasteiger partial charge on any atom is -0.496 e. The standard InChI is InChI=1S/C13H14O3/c1-5-10-7-8-12(15-4)11(6-2)13(10)16-9(3)14/h5-8H,1-2H2,3-4H3. The number of esters is 1. The van der Waals surface area contributed by atoms with Crippen LogP contribution in [-0.2, 0) is 4.79 Å². The first-order valence-corrected chi connectivity index (χ1v) is 4.78. The molecule has 0 saturated carbocycles. The van der Waals surface area contributed by atoms with Crippen molar-refractivity contribution in [3.63, 3.8) is 0 Å². The summed E-state index contributed by atoms with van der Waals surface area (Å²) in [6, 6.07) is 3.55. The predicted octanol–water partition coefficient (Wildman–Crippen LogP) is 2.91. The Morgan fingerprint density at radius 2 is 2.00 bits per heavy atom. The summed E-state index contributed by atoms with van der Waals surface area (Å²) in [4.78, 5) is 11.0. The lowest BCUT2D eigenvalue weighted by molar-refractivity contribution is -0.131. The first-order valence-electron chi connectivity index (χ1n) is 4.78. The molecule has 3 heteroatoms. The van der Waals surface area contributed by atoms with Crippen molar-refractivity contribution >= 4 is 18.1 Å². The summed E-state index contributed by atoms with van der Waals surface area (Å²) in [5.41, 5.74) is 1.38. The quantitative estimate of drug-likeness (QED) is 0.575. The third-order valence-corrected chi connectivity index (χ3v) is 2.08. The van der Waals surface area contributed by atoms with E-state index in [0.717, 1.165) is 5.56 Å². The number of carbonyl (C=O) groups is 1. The van der Waals surface area contributed by atoms with Crippen molar-refractivity contribution in [2.24, 2.45) is 0 Å². The zero-order valence-corrected chi connectivity index (χ0v) is 9.45. The topological polar surface area (TPSA) is 35.5 Å². The van der Waals surface area contributed by atoms with Gasteiger partial charge < -0.3 is 9.47 Å². The molecular weight excluding hydrogens is 204 g/mol. The highest BCUT2D eigenvalue weighted by atomic mass is 16.5. The molecular formula is C13H14O3. The maximum absolute atomic E-state index is 11.0. The molecule has 0 radical (unpaired) electrons. The molecule has 1 aromatic rings. The number of rotatable bonds is 4. The van der Waals surface area contributed by atoms with E-state index in [9.17, 15) is 4.79 Å². The molecule has 0 spiro atoms. The van der Waals surface area contributed by atoms with Crippen LogP contribution in [0, 0.1) is 0 Å². The Balaban J connectivity index is 3.41. The monoisotopic (exact) mass is 218 g/mol. The fourth-order valence-corrected chi connectivity index (χ4v) is 1.39. The van der Waals surface area contributed by atoms with Gasteiger partial charge in [0.25, 0.3) is 0 Å². The van der Waals surface area contributed by atoms with Crippen LogP contribution in [0.15, 0.2) is 25.3 Å². The lowest BCUT2D eigenvalue weighted by atomic mass is 10.1. The highest BCUT2D eigenvalue weighted by Gasteiger charge is 2.13. The van der Waals surface area contributed by atoms with Gasteiger partial charge >= 0.3 is 5.97 Å². The van der Waals surface area contributed by atoms with Gasteiger partial charge in [-0.3, -0.25) is 4.79 Å². The predicted molar refractivity (Wildman–Crippen MR) is 64.5 cm³/mol. The zero-order chi connectivity index (χ0) is 12.1. The van der Waals surface area contributed by atoms with Crippen LogP contribution in [0.4, 0.5) is 0 Å². The van der Waals surface area contributed by atoms with Crippen LogP contribution < -0.4 is 9.47 Å². The zero-order valence-electron chi connectivity index (χ0n) is 9.45. The molecule has 0 amide bonds. The summed E-state index contributed by atoms with van der Waals surface area (Å²) in [7, 11) is 1.55. The minimum atomic E-state index is -0.389. The molecule has 0 aliphatic heterocycles. The molecule has 1 aromatic carbocycles. The van der Waals surface area contributed by atoms with Crippen LogP contribution in [0.2, 0.25) is 0 Å². The first-order chi connectivity index (χ1) is 7.63. The van der Waals surface area contributed by atoms with E-state index >= 15 is 0 Å². The van der Waals surface area contributed by atoms with Gasteiger partial charge in [-0.05, 0) is 12.1 Å². The van der Waals surface area contributed by atoms with Crippen molar-refractivity contribution in [2.45, 2.75) is 6.92 Å². The van der Waals surface area contributed by atoms with Crippen molar-refractivity contribution in [3.8, 4) is 11.5 Å². The van der Waals surface area contributed by atoms with E-state index in [1.54, 1.807) is 31.4 Å². The summed E-state index contributed by atoms with van der Waals surface area (Å²) in [6.45, 7) is 8.69. The largest absolute Gasteiger partial charge is 0.496 e. The molecule has 0 heterocycles. The number of ether oxygens (including phenoxy) is 2. The van der Waals surface area contributed by atoms with Crippen LogP contribution in [0.5, 0.6) is 11.5 Å². The Morgan fingerprint density at radius 3 is 2.44 bits per heavy atom. The van der Waals surface area contributed by atoms with Gasteiger partial charge in [0, 0.05) is 12.5 Å². The van der Waals surface area contributed by atoms with Gasteiger partial charge in [-0.15, -0.1) is 0 Å². The smallest absolute Gasteiger partial charge is 0.308 e. The molecule has 0 unspecified atom stereocenters. The van der Waals surface area contributed by atoms with Crippen LogP contribution >= 0.6 is 0 Å². The van der Waals surface area contributed by atoms with E-state index < -0.39 is 0 Å².